The van der Waals surface area contributed by atoms with Crippen LogP contribution in [0, 0.1) is 12.7 Å². The van der Waals surface area contributed by atoms with Crippen LogP contribution in [0.15, 0.2) is 54.9 Å². The van der Waals surface area contributed by atoms with E-state index in [1.54, 1.807) is 10.7 Å². The van der Waals surface area contributed by atoms with Gasteiger partial charge in [-0.1, -0.05) is 23.7 Å². The summed E-state index contributed by atoms with van der Waals surface area (Å²) in [5.74, 6) is 0.898. The van der Waals surface area contributed by atoms with Crippen molar-refractivity contribution < 1.29 is 4.39 Å². The molecule has 0 radical (unpaired) electrons. The Morgan fingerprint density at radius 3 is 2.76 bits per heavy atom. The number of nitrogens with one attached hydrogen (secondary N) is 1. The van der Waals surface area contributed by atoms with Crippen molar-refractivity contribution >= 4 is 34.1 Å². The number of fused-ring (bicyclic) bond motifs is 1. The van der Waals surface area contributed by atoms with Gasteiger partial charge in [-0.25, -0.2) is 19.0 Å². The molecule has 4 aromatic rings. The van der Waals surface area contributed by atoms with E-state index in [0.717, 1.165) is 16.6 Å². The van der Waals surface area contributed by atoms with Gasteiger partial charge in [0.15, 0.2) is 0 Å². The van der Waals surface area contributed by atoms with E-state index in [1.807, 2.05) is 37.3 Å². The third-order valence-corrected chi connectivity index (χ3v) is 4.06. The van der Waals surface area contributed by atoms with Crippen LogP contribution in [0.5, 0.6) is 0 Å². The molecule has 2 heterocycles. The molecular formula is C18H13ClFN5. The van der Waals surface area contributed by atoms with Gasteiger partial charge in [0.25, 0.3) is 0 Å². The van der Waals surface area contributed by atoms with Crippen molar-refractivity contribution in [1.29, 1.82) is 0 Å². The van der Waals surface area contributed by atoms with Gasteiger partial charge in [-0.15, -0.1) is 0 Å². The van der Waals surface area contributed by atoms with Gasteiger partial charge >= 0.3 is 0 Å². The number of hydrogen-bond acceptors (Lipinski definition) is 4. The molecule has 2 aromatic heterocycles. The monoisotopic (exact) mass is 353 g/mol. The summed E-state index contributed by atoms with van der Waals surface area (Å²) in [5, 5.41) is 8.68. The minimum absolute atomic E-state index is 0.0455. The SMILES string of the molecule is Cc1cc(Nc2ncnc3ccccc23)n(-c2ccc(F)c(Cl)c2)n1. The second-order valence-electron chi connectivity index (χ2n) is 5.55. The molecule has 2 aromatic carbocycles. The highest BCUT2D eigenvalue weighted by atomic mass is 35.5. The smallest absolute Gasteiger partial charge is 0.142 e. The zero-order valence-corrected chi connectivity index (χ0v) is 14.0. The fraction of sp³-hybridized carbons (Fsp3) is 0.0556. The van der Waals surface area contributed by atoms with Crippen molar-refractivity contribution in [3.8, 4) is 5.69 Å². The standard InChI is InChI=1S/C18H13ClFN5/c1-11-8-17(25(24-11)12-6-7-15(20)14(19)9-12)23-18-13-4-2-3-5-16(13)21-10-22-18/h2-10H,1H3,(H,21,22,23). The summed E-state index contributed by atoms with van der Waals surface area (Å²) < 4.78 is 15.1. The molecule has 0 atom stereocenters. The van der Waals surface area contributed by atoms with Gasteiger partial charge in [0.2, 0.25) is 0 Å². The lowest BCUT2D eigenvalue weighted by atomic mass is 10.2. The Labute approximate surface area is 148 Å². The van der Waals surface area contributed by atoms with Crippen molar-refractivity contribution in [2.45, 2.75) is 6.92 Å². The van der Waals surface area contributed by atoms with Crippen LogP contribution < -0.4 is 5.32 Å². The van der Waals surface area contributed by atoms with Gasteiger partial charge in [-0.2, -0.15) is 5.10 Å². The zero-order valence-electron chi connectivity index (χ0n) is 13.2. The maximum atomic E-state index is 13.4. The van der Waals surface area contributed by atoms with Crippen LogP contribution in [0.4, 0.5) is 16.0 Å². The first-order valence-corrected chi connectivity index (χ1v) is 7.98. The van der Waals surface area contributed by atoms with Crippen LogP contribution in [0.1, 0.15) is 5.69 Å². The molecule has 124 valence electrons. The van der Waals surface area contributed by atoms with Crippen molar-refractivity contribution in [2.24, 2.45) is 0 Å². The minimum Gasteiger partial charge on any atom is -0.324 e. The molecular weight excluding hydrogens is 341 g/mol. The maximum Gasteiger partial charge on any atom is 0.142 e. The van der Waals surface area contributed by atoms with Crippen LogP contribution in [0.25, 0.3) is 16.6 Å². The molecule has 0 spiro atoms. The van der Waals surface area contributed by atoms with E-state index in [2.05, 4.69) is 20.4 Å². The molecule has 4 rings (SSSR count). The molecule has 0 amide bonds. The van der Waals surface area contributed by atoms with Crippen LogP contribution in [0.3, 0.4) is 0 Å². The van der Waals surface area contributed by atoms with Gasteiger partial charge in [0.1, 0.15) is 23.8 Å². The lowest BCUT2D eigenvalue weighted by molar-refractivity contribution is 0.627. The molecule has 0 bridgehead atoms. The third kappa shape index (κ3) is 2.92. The summed E-state index contributed by atoms with van der Waals surface area (Å²) in [6.45, 7) is 1.88. The first-order chi connectivity index (χ1) is 12.1. The van der Waals surface area contributed by atoms with E-state index in [1.165, 1.54) is 18.5 Å². The van der Waals surface area contributed by atoms with Crippen LogP contribution in [-0.2, 0) is 0 Å². The van der Waals surface area contributed by atoms with E-state index < -0.39 is 5.82 Å². The molecule has 1 N–H and O–H groups in total. The van der Waals surface area contributed by atoms with E-state index in [9.17, 15) is 4.39 Å². The highest BCUT2D eigenvalue weighted by molar-refractivity contribution is 6.30. The van der Waals surface area contributed by atoms with Crippen molar-refractivity contribution in [3.05, 3.63) is 71.4 Å². The Morgan fingerprint density at radius 2 is 1.92 bits per heavy atom. The number of aryl methyl sites for hydroxylation is 1. The number of halogens is 2. The number of para-hydroxylation sites is 1. The quantitative estimate of drug-likeness (QED) is 0.582. The summed E-state index contributed by atoms with van der Waals surface area (Å²) in [6.07, 6.45) is 1.51. The number of anilines is 2. The fourth-order valence-electron chi connectivity index (χ4n) is 2.63. The number of nitrogens with zero attached hydrogens (tertiary/aromatic N) is 4. The molecule has 25 heavy (non-hydrogen) atoms. The molecule has 0 aliphatic heterocycles. The predicted molar refractivity (Wildman–Crippen MR) is 96.1 cm³/mol. The summed E-state index contributed by atoms with van der Waals surface area (Å²) in [4.78, 5) is 8.59. The average molecular weight is 354 g/mol. The van der Waals surface area contributed by atoms with Crippen molar-refractivity contribution in [2.75, 3.05) is 5.32 Å². The van der Waals surface area contributed by atoms with E-state index in [-0.39, 0.29) is 5.02 Å². The topological polar surface area (TPSA) is 55.6 Å². The number of rotatable bonds is 3. The van der Waals surface area contributed by atoms with E-state index in [0.29, 0.717) is 17.3 Å². The average Bonchev–Trinajstić information content (AvgIpc) is 2.98. The van der Waals surface area contributed by atoms with Gasteiger partial charge in [-0.3, -0.25) is 0 Å². The van der Waals surface area contributed by atoms with Crippen LogP contribution in [-0.4, -0.2) is 19.7 Å². The zero-order chi connectivity index (χ0) is 17.4. The van der Waals surface area contributed by atoms with Crippen LogP contribution in [0.2, 0.25) is 5.02 Å². The number of hydrogen-bond donors (Lipinski definition) is 1. The molecule has 0 saturated heterocycles. The molecule has 0 saturated carbocycles. The van der Waals surface area contributed by atoms with Crippen molar-refractivity contribution in [3.63, 3.8) is 0 Å². The molecule has 0 fully saturated rings. The largest absolute Gasteiger partial charge is 0.324 e. The summed E-state index contributed by atoms with van der Waals surface area (Å²) >= 11 is 5.90. The Bertz CT molecular complexity index is 1070. The number of aromatic nitrogens is 4. The summed E-state index contributed by atoms with van der Waals surface area (Å²) in [7, 11) is 0. The van der Waals surface area contributed by atoms with E-state index >= 15 is 0 Å². The van der Waals surface area contributed by atoms with Gasteiger partial charge in [-0.05, 0) is 37.3 Å². The Morgan fingerprint density at radius 1 is 1.08 bits per heavy atom. The highest BCUT2D eigenvalue weighted by Crippen LogP contribution is 2.26. The lowest BCUT2D eigenvalue weighted by Gasteiger charge is -2.11. The molecule has 5 nitrogen and oxygen atoms in total. The second-order valence-corrected chi connectivity index (χ2v) is 5.95. The summed E-state index contributed by atoms with van der Waals surface area (Å²) in [6, 6.07) is 14.1. The second kappa shape index (κ2) is 6.14. The molecule has 0 aliphatic carbocycles. The lowest BCUT2D eigenvalue weighted by Crippen LogP contribution is -2.04. The van der Waals surface area contributed by atoms with Crippen molar-refractivity contribution in [1.82, 2.24) is 19.7 Å². The maximum absolute atomic E-state index is 13.4. The fourth-order valence-corrected chi connectivity index (χ4v) is 2.80. The Balaban J connectivity index is 1.80. The minimum atomic E-state index is -0.467. The summed E-state index contributed by atoms with van der Waals surface area (Å²) in [5.41, 5.74) is 2.30. The first kappa shape index (κ1) is 15.5. The highest BCUT2D eigenvalue weighted by Gasteiger charge is 2.12. The molecule has 0 aliphatic rings. The van der Waals surface area contributed by atoms with Gasteiger partial charge in [0, 0.05) is 11.5 Å². The first-order valence-electron chi connectivity index (χ1n) is 7.61. The van der Waals surface area contributed by atoms with Gasteiger partial charge < -0.3 is 5.32 Å². The Kier molecular flexibility index (Phi) is 3.82. The van der Waals surface area contributed by atoms with Crippen LogP contribution >= 0.6 is 11.6 Å². The van der Waals surface area contributed by atoms with Gasteiger partial charge in [0.05, 0.1) is 21.9 Å². The third-order valence-electron chi connectivity index (χ3n) is 3.77. The normalized spacial score (nSPS) is 11.0. The molecule has 7 heteroatoms. The predicted octanol–water partition coefficient (Wildman–Crippen LogP) is 4.66. The van der Waals surface area contributed by atoms with E-state index in [4.69, 9.17) is 11.6 Å². The Hall–Kier alpha value is -2.99. The molecule has 0 unspecified atom stereocenters. The number of benzene rings is 2.